The van der Waals surface area contributed by atoms with Crippen LogP contribution in [0, 0.1) is 0 Å². The minimum Gasteiger partial charge on any atom is -0.399 e. The Morgan fingerprint density at radius 3 is 2.80 bits per heavy atom. The van der Waals surface area contributed by atoms with E-state index >= 15 is 0 Å². The Morgan fingerprint density at radius 1 is 1.25 bits per heavy atom. The van der Waals surface area contributed by atoms with E-state index in [2.05, 4.69) is 10.8 Å². The zero-order chi connectivity index (χ0) is 14.4. The molecule has 110 valence electrons. The van der Waals surface area contributed by atoms with E-state index in [1.165, 1.54) is 18.4 Å². The van der Waals surface area contributed by atoms with E-state index in [-0.39, 0.29) is 5.75 Å². The second kappa shape index (κ2) is 6.90. The molecule has 1 aromatic carbocycles. The average Bonchev–Trinajstić information content (AvgIpc) is 2.39. The minimum atomic E-state index is -3.28. The molecule has 0 saturated carbocycles. The third kappa shape index (κ3) is 4.98. The summed E-state index contributed by atoms with van der Waals surface area (Å²) in [6, 6.07) is 6.99. The van der Waals surface area contributed by atoms with E-state index < -0.39 is 10.0 Å². The molecule has 0 spiro atoms. The van der Waals surface area contributed by atoms with Crippen LogP contribution in [0.5, 0.6) is 0 Å². The summed E-state index contributed by atoms with van der Waals surface area (Å²) in [6.07, 6.45) is 7.78. The van der Waals surface area contributed by atoms with Gasteiger partial charge >= 0.3 is 0 Å². The van der Waals surface area contributed by atoms with Crippen molar-refractivity contribution >= 4 is 15.7 Å². The van der Waals surface area contributed by atoms with Gasteiger partial charge in [-0.15, -0.1) is 0 Å². The molecule has 0 aliphatic heterocycles. The maximum absolute atomic E-state index is 12.0. The number of nitrogen functional groups attached to an aromatic ring is 1. The molecule has 20 heavy (non-hydrogen) atoms. The first-order valence-electron chi connectivity index (χ1n) is 7.05. The molecule has 1 aliphatic carbocycles. The van der Waals surface area contributed by atoms with Crippen LogP contribution in [0.3, 0.4) is 0 Å². The number of rotatable bonds is 6. The Morgan fingerprint density at radius 2 is 2.10 bits per heavy atom. The van der Waals surface area contributed by atoms with Gasteiger partial charge in [0.25, 0.3) is 0 Å². The van der Waals surface area contributed by atoms with Crippen LogP contribution >= 0.6 is 0 Å². The predicted octanol–water partition coefficient (Wildman–Crippen LogP) is 2.58. The topological polar surface area (TPSA) is 72.2 Å². The number of nitrogens with two attached hydrogens (primary N) is 1. The molecular weight excluding hydrogens is 272 g/mol. The highest BCUT2D eigenvalue weighted by atomic mass is 32.2. The van der Waals surface area contributed by atoms with Crippen LogP contribution in [0.4, 0.5) is 5.69 Å². The summed E-state index contributed by atoms with van der Waals surface area (Å²) in [5.74, 6) is -0.0168. The lowest BCUT2D eigenvalue weighted by atomic mass is 9.97. The quantitative estimate of drug-likeness (QED) is 0.625. The van der Waals surface area contributed by atoms with E-state index in [4.69, 9.17) is 5.73 Å². The summed E-state index contributed by atoms with van der Waals surface area (Å²) in [6.45, 7) is 0.483. The lowest BCUT2D eigenvalue weighted by Crippen LogP contribution is -2.26. The SMILES string of the molecule is Nc1cccc(CS(=O)(=O)NCCC2=CCCCC2)c1. The van der Waals surface area contributed by atoms with Crippen LogP contribution in [0.15, 0.2) is 35.9 Å². The van der Waals surface area contributed by atoms with Gasteiger partial charge in [0, 0.05) is 12.2 Å². The first-order valence-corrected chi connectivity index (χ1v) is 8.70. The van der Waals surface area contributed by atoms with Crippen LogP contribution in [0.1, 0.15) is 37.7 Å². The van der Waals surface area contributed by atoms with E-state index in [1.54, 1.807) is 24.3 Å². The van der Waals surface area contributed by atoms with Gasteiger partial charge in [0.15, 0.2) is 0 Å². The van der Waals surface area contributed by atoms with Gasteiger partial charge in [-0.25, -0.2) is 13.1 Å². The minimum absolute atomic E-state index is 0.0168. The number of hydrogen-bond donors (Lipinski definition) is 2. The van der Waals surface area contributed by atoms with Crippen molar-refractivity contribution in [3.8, 4) is 0 Å². The molecule has 1 aliphatic rings. The van der Waals surface area contributed by atoms with Crippen LogP contribution in [-0.4, -0.2) is 15.0 Å². The fourth-order valence-corrected chi connectivity index (χ4v) is 3.59. The highest BCUT2D eigenvalue weighted by Gasteiger charge is 2.12. The van der Waals surface area contributed by atoms with Crippen molar-refractivity contribution in [3.05, 3.63) is 41.5 Å². The summed E-state index contributed by atoms with van der Waals surface area (Å²) in [5, 5.41) is 0. The smallest absolute Gasteiger partial charge is 0.215 e. The van der Waals surface area contributed by atoms with Crippen molar-refractivity contribution in [2.75, 3.05) is 12.3 Å². The fourth-order valence-electron chi connectivity index (χ4n) is 2.45. The third-order valence-electron chi connectivity index (χ3n) is 3.46. The van der Waals surface area contributed by atoms with Gasteiger partial charge in [0.2, 0.25) is 10.0 Å². The van der Waals surface area contributed by atoms with Gasteiger partial charge in [0.1, 0.15) is 0 Å². The molecule has 0 saturated heterocycles. The van der Waals surface area contributed by atoms with Crippen molar-refractivity contribution in [1.29, 1.82) is 0 Å². The Kier molecular flexibility index (Phi) is 5.20. The number of sulfonamides is 1. The van der Waals surface area contributed by atoms with Crippen molar-refractivity contribution in [3.63, 3.8) is 0 Å². The molecule has 5 heteroatoms. The summed E-state index contributed by atoms with van der Waals surface area (Å²) in [5.41, 5.74) is 8.34. The molecule has 0 heterocycles. The van der Waals surface area contributed by atoms with E-state index in [0.717, 1.165) is 24.8 Å². The molecule has 0 bridgehead atoms. The van der Waals surface area contributed by atoms with Crippen molar-refractivity contribution in [1.82, 2.24) is 4.72 Å². The molecule has 2 rings (SSSR count). The van der Waals surface area contributed by atoms with E-state index in [9.17, 15) is 8.42 Å². The standard InChI is InChI=1S/C15H22N2O2S/c16-15-8-4-7-14(11-15)12-20(18,19)17-10-9-13-5-2-1-3-6-13/h4-5,7-8,11,17H,1-3,6,9-10,12,16H2. The largest absolute Gasteiger partial charge is 0.399 e. The Bertz CT molecular complexity index is 579. The van der Waals surface area contributed by atoms with Gasteiger partial charge < -0.3 is 5.73 Å². The van der Waals surface area contributed by atoms with Crippen LogP contribution < -0.4 is 10.5 Å². The molecule has 4 nitrogen and oxygen atoms in total. The van der Waals surface area contributed by atoms with Gasteiger partial charge in [-0.05, 0) is 49.8 Å². The third-order valence-corrected chi connectivity index (χ3v) is 4.82. The van der Waals surface area contributed by atoms with Crippen LogP contribution in [0.25, 0.3) is 0 Å². The van der Waals surface area contributed by atoms with Crippen molar-refractivity contribution in [2.24, 2.45) is 0 Å². The number of nitrogens with one attached hydrogen (secondary N) is 1. The lowest BCUT2D eigenvalue weighted by Gasteiger charge is -2.13. The second-order valence-electron chi connectivity index (χ2n) is 5.26. The highest BCUT2D eigenvalue weighted by molar-refractivity contribution is 7.88. The van der Waals surface area contributed by atoms with Crippen LogP contribution in [0.2, 0.25) is 0 Å². The first kappa shape index (κ1) is 15.1. The Balaban J connectivity index is 1.83. The lowest BCUT2D eigenvalue weighted by molar-refractivity contribution is 0.578. The predicted molar refractivity (Wildman–Crippen MR) is 82.6 cm³/mol. The number of allylic oxidation sites excluding steroid dienone is 1. The highest BCUT2D eigenvalue weighted by Crippen LogP contribution is 2.19. The molecule has 0 fully saturated rings. The maximum Gasteiger partial charge on any atom is 0.215 e. The van der Waals surface area contributed by atoms with Gasteiger partial charge in [0.05, 0.1) is 5.75 Å². The average molecular weight is 294 g/mol. The van der Waals surface area contributed by atoms with Crippen molar-refractivity contribution in [2.45, 2.75) is 37.9 Å². The molecule has 0 atom stereocenters. The fraction of sp³-hybridized carbons (Fsp3) is 0.467. The summed E-state index contributed by atoms with van der Waals surface area (Å²) in [4.78, 5) is 0. The molecule has 1 aromatic rings. The van der Waals surface area contributed by atoms with Gasteiger partial charge in [-0.1, -0.05) is 23.8 Å². The monoisotopic (exact) mass is 294 g/mol. The normalized spacial score (nSPS) is 15.9. The maximum atomic E-state index is 12.0. The first-order chi connectivity index (χ1) is 9.55. The van der Waals surface area contributed by atoms with E-state index in [0.29, 0.717) is 12.2 Å². The molecule has 0 unspecified atom stereocenters. The van der Waals surface area contributed by atoms with Gasteiger partial charge in [-0.2, -0.15) is 0 Å². The Labute approximate surface area is 121 Å². The molecular formula is C15H22N2O2S. The zero-order valence-electron chi connectivity index (χ0n) is 11.6. The van der Waals surface area contributed by atoms with Crippen LogP contribution in [-0.2, 0) is 15.8 Å². The summed E-state index contributed by atoms with van der Waals surface area (Å²) < 4.78 is 26.6. The van der Waals surface area contributed by atoms with Gasteiger partial charge in [-0.3, -0.25) is 0 Å². The molecule has 0 amide bonds. The summed E-state index contributed by atoms with van der Waals surface area (Å²) in [7, 11) is -3.28. The molecule has 3 N–H and O–H groups in total. The second-order valence-corrected chi connectivity index (χ2v) is 7.06. The molecule has 0 radical (unpaired) electrons. The number of hydrogen-bond acceptors (Lipinski definition) is 3. The Hall–Kier alpha value is -1.33. The summed E-state index contributed by atoms with van der Waals surface area (Å²) >= 11 is 0. The zero-order valence-corrected chi connectivity index (χ0v) is 12.5. The van der Waals surface area contributed by atoms with Crippen molar-refractivity contribution < 1.29 is 8.42 Å². The number of benzene rings is 1. The number of anilines is 1. The van der Waals surface area contributed by atoms with E-state index in [1.807, 2.05) is 0 Å². The molecule has 0 aromatic heterocycles.